The van der Waals surface area contributed by atoms with E-state index >= 15 is 0 Å². The van der Waals surface area contributed by atoms with Crippen LogP contribution in [-0.2, 0) is 6.42 Å². The molecule has 0 saturated carbocycles. The lowest BCUT2D eigenvalue weighted by Crippen LogP contribution is -2.27. The summed E-state index contributed by atoms with van der Waals surface area (Å²) in [5, 5.41) is 0. The first-order valence-electron chi connectivity index (χ1n) is 9.89. The van der Waals surface area contributed by atoms with Gasteiger partial charge in [0.25, 0.3) is 0 Å². The molecule has 4 nitrogen and oxygen atoms in total. The zero-order valence-electron chi connectivity index (χ0n) is 17.0. The number of anilines is 1. The Morgan fingerprint density at radius 2 is 1.78 bits per heavy atom. The molecule has 0 saturated heterocycles. The molecule has 0 spiro atoms. The van der Waals surface area contributed by atoms with Crippen molar-refractivity contribution in [3.05, 3.63) is 45.8 Å². The number of halogens is 1. The van der Waals surface area contributed by atoms with Gasteiger partial charge in [-0.25, -0.2) is 4.98 Å². The van der Waals surface area contributed by atoms with Gasteiger partial charge in [-0.1, -0.05) is 42.8 Å². The van der Waals surface area contributed by atoms with E-state index in [1.54, 1.807) is 0 Å². The number of hydrogen-bond donors (Lipinski definition) is 0. The van der Waals surface area contributed by atoms with E-state index in [1.165, 1.54) is 16.9 Å². The van der Waals surface area contributed by atoms with Crippen LogP contribution in [0.3, 0.4) is 0 Å². The van der Waals surface area contributed by atoms with Crippen LogP contribution in [0.25, 0.3) is 16.9 Å². The number of nitrogens with zero attached hydrogens (tertiary/aromatic N) is 4. The molecule has 5 heteroatoms. The molecule has 0 bridgehead atoms. The van der Waals surface area contributed by atoms with Gasteiger partial charge in [0.2, 0.25) is 0 Å². The first-order chi connectivity index (χ1) is 13.0. The average Bonchev–Trinajstić information content (AvgIpc) is 3.00. The molecule has 1 aromatic carbocycles. The Morgan fingerprint density at radius 3 is 2.37 bits per heavy atom. The Kier molecular flexibility index (Phi) is 6.20. The van der Waals surface area contributed by atoms with E-state index in [4.69, 9.17) is 9.97 Å². The van der Waals surface area contributed by atoms with Crippen LogP contribution < -0.4 is 4.90 Å². The van der Waals surface area contributed by atoms with E-state index < -0.39 is 0 Å². The molecule has 3 rings (SSSR count). The van der Waals surface area contributed by atoms with Gasteiger partial charge in [-0.05, 0) is 50.3 Å². The van der Waals surface area contributed by atoms with Crippen LogP contribution in [0, 0.1) is 13.8 Å². The van der Waals surface area contributed by atoms with Crippen molar-refractivity contribution in [3.63, 3.8) is 0 Å². The van der Waals surface area contributed by atoms with Gasteiger partial charge in [0.15, 0.2) is 5.65 Å². The second-order valence-corrected chi connectivity index (χ2v) is 7.99. The molecule has 144 valence electrons. The minimum Gasteiger partial charge on any atom is -0.356 e. The van der Waals surface area contributed by atoms with Crippen molar-refractivity contribution in [3.8, 4) is 11.3 Å². The zero-order chi connectivity index (χ0) is 19.6. The normalized spacial score (nSPS) is 11.3. The lowest BCUT2D eigenvalue weighted by Gasteiger charge is -2.24. The first-order valence-corrected chi connectivity index (χ1v) is 10.7. The summed E-state index contributed by atoms with van der Waals surface area (Å²) >= 11 is 3.75. The first kappa shape index (κ1) is 19.9. The van der Waals surface area contributed by atoms with Crippen LogP contribution in [0.1, 0.15) is 50.4 Å². The average molecular weight is 429 g/mol. The molecular formula is C22H29BrN4. The molecule has 0 aliphatic rings. The summed E-state index contributed by atoms with van der Waals surface area (Å²) in [6, 6.07) is 4.36. The van der Waals surface area contributed by atoms with Crippen LogP contribution in [0.4, 0.5) is 5.82 Å². The fourth-order valence-corrected chi connectivity index (χ4v) is 4.70. The van der Waals surface area contributed by atoms with Gasteiger partial charge in [0, 0.05) is 35.5 Å². The highest BCUT2D eigenvalue weighted by Gasteiger charge is 2.21. The second-order valence-electron chi connectivity index (χ2n) is 7.13. The molecule has 3 aromatic rings. The van der Waals surface area contributed by atoms with Gasteiger partial charge in [0.1, 0.15) is 11.5 Å². The van der Waals surface area contributed by atoms with Crippen molar-refractivity contribution in [2.45, 2.75) is 53.9 Å². The van der Waals surface area contributed by atoms with E-state index in [9.17, 15) is 0 Å². The largest absolute Gasteiger partial charge is 0.356 e. The number of aryl methyl sites for hydroxylation is 3. The molecule has 0 N–H and O–H groups in total. The van der Waals surface area contributed by atoms with Crippen LogP contribution in [-0.4, -0.2) is 27.5 Å². The van der Waals surface area contributed by atoms with Crippen molar-refractivity contribution < 1.29 is 0 Å². The van der Waals surface area contributed by atoms with E-state index in [0.717, 1.165) is 59.4 Å². The third-order valence-electron chi connectivity index (χ3n) is 4.88. The number of benzene rings is 1. The second kappa shape index (κ2) is 8.42. The predicted octanol–water partition coefficient (Wildman–Crippen LogP) is 5.96. The van der Waals surface area contributed by atoms with Gasteiger partial charge >= 0.3 is 0 Å². The molecular weight excluding hydrogens is 400 g/mol. The van der Waals surface area contributed by atoms with Crippen LogP contribution in [0.2, 0.25) is 0 Å². The minimum atomic E-state index is 0.911. The summed E-state index contributed by atoms with van der Waals surface area (Å²) in [5.74, 6) is 1.22. The number of rotatable bonds is 7. The molecule has 2 heterocycles. The molecule has 0 fully saturated rings. The highest BCUT2D eigenvalue weighted by Crippen LogP contribution is 2.35. The Morgan fingerprint density at radius 1 is 1.07 bits per heavy atom. The number of imidazole rings is 1. The van der Waals surface area contributed by atoms with Crippen molar-refractivity contribution in [2.24, 2.45) is 0 Å². The van der Waals surface area contributed by atoms with Crippen molar-refractivity contribution >= 4 is 27.4 Å². The highest BCUT2D eigenvalue weighted by molar-refractivity contribution is 9.10. The smallest absolute Gasteiger partial charge is 0.165 e. The summed E-state index contributed by atoms with van der Waals surface area (Å²) < 4.78 is 3.31. The standard InChI is InChI=1S/C22H29BrN4/c1-6-10-26(11-7-2)22-18(8-3)25-21-20(24-9-12-27(21)22)19-16(5)13-15(4)14-17(19)23/h9,12-14H,6-8,10-11H2,1-5H3. The van der Waals surface area contributed by atoms with E-state index in [1.807, 2.05) is 6.20 Å². The minimum absolute atomic E-state index is 0.911. The molecule has 0 unspecified atom stereocenters. The summed E-state index contributed by atoms with van der Waals surface area (Å²) in [6.45, 7) is 13.0. The van der Waals surface area contributed by atoms with E-state index in [2.05, 4.69) is 78.2 Å². The molecule has 0 radical (unpaired) electrons. The maximum atomic E-state index is 5.04. The quantitative estimate of drug-likeness (QED) is 0.464. The Hall–Kier alpha value is -1.88. The molecule has 0 atom stereocenters. The topological polar surface area (TPSA) is 33.4 Å². The number of fused-ring (bicyclic) bond motifs is 1. The van der Waals surface area contributed by atoms with Crippen LogP contribution in [0.5, 0.6) is 0 Å². The predicted molar refractivity (Wildman–Crippen MR) is 118 cm³/mol. The fourth-order valence-electron chi connectivity index (χ4n) is 3.84. The molecule has 0 aliphatic heterocycles. The summed E-state index contributed by atoms with van der Waals surface area (Å²) in [4.78, 5) is 12.2. The van der Waals surface area contributed by atoms with E-state index in [0.29, 0.717) is 0 Å². The SMILES string of the molecule is CCCN(CCC)c1c(CC)nc2c(-c3c(C)cc(C)cc3Br)nccn12. The van der Waals surface area contributed by atoms with Crippen molar-refractivity contribution in [1.29, 1.82) is 0 Å². The maximum Gasteiger partial charge on any atom is 0.165 e. The van der Waals surface area contributed by atoms with Crippen LogP contribution in [0.15, 0.2) is 29.0 Å². The summed E-state index contributed by atoms with van der Waals surface area (Å²) in [7, 11) is 0. The maximum absolute atomic E-state index is 5.04. The lowest BCUT2D eigenvalue weighted by atomic mass is 10.0. The monoisotopic (exact) mass is 428 g/mol. The molecule has 2 aromatic heterocycles. The van der Waals surface area contributed by atoms with Crippen LogP contribution >= 0.6 is 15.9 Å². The third kappa shape index (κ3) is 3.75. The Labute approximate surface area is 170 Å². The summed E-state index contributed by atoms with van der Waals surface area (Å²) in [5.41, 5.74) is 6.61. The van der Waals surface area contributed by atoms with Crippen molar-refractivity contribution in [2.75, 3.05) is 18.0 Å². The Bertz CT molecular complexity index is 916. The fraction of sp³-hybridized carbons (Fsp3) is 0.455. The molecule has 27 heavy (non-hydrogen) atoms. The molecule has 0 amide bonds. The summed E-state index contributed by atoms with van der Waals surface area (Å²) in [6.07, 6.45) is 7.10. The highest BCUT2D eigenvalue weighted by atomic mass is 79.9. The van der Waals surface area contributed by atoms with Gasteiger partial charge in [-0.3, -0.25) is 9.38 Å². The van der Waals surface area contributed by atoms with Gasteiger partial charge < -0.3 is 4.90 Å². The Balaban J connectivity index is 2.27. The van der Waals surface area contributed by atoms with E-state index in [-0.39, 0.29) is 0 Å². The zero-order valence-corrected chi connectivity index (χ0v) is 18.6. The van der Waals surface area contributed by atoms with Gasteiger partial charge in [-0.2, -0.15) is 0 Å². The number of aromatic nitrogens is 3. The van der Waals surface area contributed by atoms with Gasteiger partial charge in [-0.15, -0.1) is 0 Å². The van der Waals surface area contributed by atoms with Crippen molar-refractivity contribution in [1.82, 2.24) is 14.4 Å². The molecule has 0 aliphatic carbocycles. The third-order valence-corrected chi connectivity index (χ3v) is 5.50. The lowest BCUT2D eigenvalue weighted by molar-refractivity contribution is 0.725. The number of hydrogen-bond acceptors (Lipinski definition) is 3. The van der Waals surface area contributed by atoms with Gasteiger partial charge in [0.05, 0.1) is 5.69 Å².